The van der Waals surface area contributed by atoms with Crippen LogP contribution in [-0.2, 0) is 0 Å². The van der Waals surface area contributed by atoms with Crippen LogP contribution in [0, 0.1) is 12.8 Å². The smallest absolute Gasteiger partial charge is 0.339 e. The van der Waals surface area contributed by atoms with E-state index in [9.17, 15) is 9.90 Å². The summed E-state index contributed by atoms with van der Waals surface area (Å²) in [6.07, 6.45) is 2.78. The van der Waals surface area contributed by atoms with Crippen LogP contribution >= 0.6 is 0 Å². The number of carboxylic acid groups (broad SMARTS) is 1. The minimum absolute atomic E-state index is 0.341. The number of carboxylic acids is 1. The highest BCUT2D eigenvalue weighted by Crippen LogP contribution is 2.30. The third kappa shape index (κ3) is 2.12. The van der Waals surface area contributed by atoms with Gasteiger partial charge in [0.25, 0.3) is 0 Å². The normalized spacial score (nSPS) is 24.1. The van der Waals surface area contributed by atoms with Crippen molar-refractivity contribution in [2.24, 2.45) is 5.92 Å². The van der Waals surface area contributed by atoms with Gasteiger partial charge in [-0.15, -0.1) is 0 Å². The maximum Gasteiger partial charge on any atom is 0.339 e. The molecule has 1 saturated heterocycles. The van der Waals surface area contributed by atoms with Gasteiger partial charge in [0, 0.05) is 18.8 Å². The Hall–Kier alpha value is -1.58. The van der Waals surface area contributed by atoms with Crippen LogP contribution in [0.2, 0.25) is 0 Å². The molecule has 92 valence electrons. The Balaban J connectivity index is 2.45. The van der Waals surface area contributed by atoms with E-state index in [0.717, 1.165) is 18.5 Å². The van der Waals surface area contributed by atoms with Crippen molar-refractivity contribution in [3.63, 3.8) is 0 Å². The SMILES string of the molecule is Cc1ccnc(N2CC(C)CC2C)c1C(=O)O. The lowest BCUT2D eigenvalue weighted by atomic mass is 10.1. The molecule has 17 heavy (non-hydrogen) atoms. The van der Waals surface area contributed by atoms with Gasteiger partial charge >= 0.3 is 5.97 Å². The van der Waals surface area contributed by atoms with E-state index in [-0.39, 0.29) is 0 Å². The maximum atomic E-state index is 11.3. The molecule has 0 aliphatic carbocycles. The fraction of sp³-hybridized carbons (Fsp3) is 0.538. The summed E-state index contributed by atoms with van der Waals surface area (Å²) in [4.78, 5) is 17.7. The molecular weight excluding hydrogens is 216 g/mol. The average molecular weight is 234 g/mol. The van der Waals surface area contributed by atoms with E-state index in [0.29, 0.717) is 23.3 Å². The number of aromatic carboxylic acids is 1. The minimum Gasteiger partial charge on any atom is -0.478 e. The van der Waals surface area contributed by atoms with Crippen molar-refractivity contribution in [1.29, 1.82) is 0 Å². The minimum atomic E-state index is -0.891. The summed E-state index contributed by atoms with van der Waals surface area (Å²) in [5.74, 6) is 0.320. The van der Waals surface area contributed by atoms with E-state index in [4.69, 9.17) is 0 Å². The molecule has 1 aromatic rings. The molecule has 4 heteroatoms. The number of aromatic nitrogens is 1. The lowest BCUT2D eigenvalue weighted by molar-refractivity contribution is 0.0696. The van der Waals surface area contributed by atoms with E-state index in [1.54, 1.807) is 12.3 Å². The number of hydrogen-bond donors (Lipinski definition) is 1. The monoisotopic (exact) mass is 234 g/mol. The van der Waals surface area contributed by atoms with Gasteiger partial charge in [-0.05, 0) is 37.8 Å². The predicted molar refractivity (Wildman–Crippen MR) is 66.5 cm³/mol. The van der Waals surface area contributed by atoms with Crippen LogP contribution < -0.4 is 4.90 Å². The van der Waals surface area contributed by atoms with Crippen molar-refractivity contribution >= 4 is 11.8 Å². The standard InChI is InChI=1S/C13H18N2O2/c1-8-6-10(3)15(7-8)12-11(13(16)17)9(2)4-5-14-12/h4-5,8,10H,6-7H2,1-3H3,(H,16,17). The van der Waals surface area contributed by atoms with Gasteiger partial charge in [-0.25, -0.2) is 9.78 Å². The molecule has 0 amide bonds. The summed E-state index contributed by atoms with van der Waals surface area (Å²) in [5.41, 5.74) is 1.11. The zero-order valence-corrected chi connectivity index (χ0v) is 10.5. The molecule has 0 spiro atoms. The Bertz CT molecular complexity index is 445. The first-order valence-electron chi connectivity index (χ1n) is 5.96. The van der Waals surface area contributed by atoms with Crippen molar-refractivity contribution in [1.82, 2.24) is 4.98 Å². The number of carbonyl (C=O) groups is 1. The lowest BCUT2D eigenvalue weighted by Gasteiger charge is -2.24. The van der Waals surface area contributed by atoms with Crippen LogP contribution in [0.1, 0.15) is 36.2 Å². The Kier molecular flexibility index (Phi) is 3.05. The predicted octanol–water partition coefficient (Wildman–Crippen LogP) is 2.32. The molecular formula is C13H18N2O2. The molecule has 0 bridgehead atoms. The van der Waals surface area contributed by atoms with Crippen LogP contribution in [-0.4, -0.2) is 28.6 Å². The summed E-state index contributed by atoms with van der Waals surface area (Å²) in [6, 6.07) is 2.11. The van der Waals surface area contributed by atoms with Crippen molar-refractivity contribution in [3.05, 3.63) is 23.4 Å². The van der Waals surface area contributed by atoms with E-state index >= 15 is 0 Å². The second-order valence-electron chi connectivity index (χ2n) is 4.97. The van der Waals surface area contributed by atoms with E-state index in [1.807, 2.05) is 6.92 Å². The fourth-order valence-corrected chi connectivity index (χ4v) is 2.62. The van der Waals surface area contributed by atoms with Crippen LogP contribution in [0.5, 0.6) is 0 Å². The summed E-state index contributed by atoms with van der Waals surface area (Å²) in [6.45, 7) is 7.02. The van der Waals surface area contributed by atoms with Crippen LogP contribution in [0.15, 0.2) is 12.3 Å². The Morgan fingerprint density at radius 1 is 1.53 bits per heavy atom. The van der Waals surface area contributed by atoms with Gasteiger partial charge in [0.2, 0.25) is 0 Å². The van der Waals surface area contributed by atoms with Crippen molar-refractivity contribution < 1.29 is 9.90 Å². The molecule has 2 atom stereocenters. The molecule has 2 unspecified atom stereocenters. The molecule has 2 rings (SSSR count). The third-order valence-corrected chi connectivity index (χ3v) is 3.41. The number of pyridine rings is 1. The van der Waals surface area contributed by atoms with Gasteiger partial charge in [0.05, 0.1) is 0 Å². The van der Waals surface area contributed by atoms with Gasteiger partial charge in [-0.3, -0.25) is 0 Å². The third-order valence-electron chi connectivity index (χ3n) is 3.41. The molecule has 1 aromatic heterocycles. The maximum absolute atomic E-state index is 11.3. The largest absolute Gasteiger partial charge is 0.478 e. The van der Waals surface area contributed by atoms with E-state index < -0.39 is 5.97 Å². The van der Waals surface area contributed by atoms with Crippen molar-refractivity contribution in [2.45, 2.75) is 33.2 Å². The molecule has 1 aliphatic rings. The molecule has 1 aliphatic heterocycles. The van der Waals surface area contributed by atoms with Crippen molar-refractivity contribution in [3.8, 4) is 0 Å². The first kappa shape index (κ1) is 11.9. The number of aryl methyl sites for hydroxylation is 1. The van der Waals surface area contributed by atoms with E-state index in [1.165, 1.54) is 0 Å². The first-order chi connectivity index (χ1) is 8.00. The summed E-state index contributed by atoms with van der Waals surface area (Å²) in [5, 5.41) is 9.29. The molecule has 0 aromatic carbocycles. The van der Waals surface area contributed by atoms with Gasteiger partial charge in [0.15, 0.2) is 0 Å². The molecule has 0 radical (unpaired) electrons. The molecule has 2 heterocycles. The van der Waals surface area contributed by atoms with Gasteiger partial charge in [-0.2, -0.15) is 0 Å². The van der Waals surface area contributed by atoms with Crippen LogP contribution in [0.25, 0.3) is 0 Å². The highest BCUT2D eigenvalue weighted by atomic mass is 16.4. The Labute approximate surface area is 101 Å². The highest BCUT2D eigenvalue weighted by Gasteiger charge is 2.30. The van der Waals surface area contributed by atoms with E-state index in [2.05, 4.69) is 23.7 Å². The second-order valence-corrected chi connectivity index (χ2v) is 4.97. The average Bonchev–Trinajstić information content (AvgIpc) is 2.56. The number of rotatable bonds is 2. The lowest BCUT2D eigenvalue weighted by Crippen LogP contribution is -2.29. The number of anilines is 1. The summed E-state index contributed by atoms with van der Waals surface area (Å²) in [7, 11) is 0. The molecule has 1 fully saturated rings. The molecule has 4 nitrogen and oxygen atoms in total. The van der Waals surface area contributed by atoms with Gasteiger partial charge in [0.1, 0.15) is 11.4 Å². The summed E-state index contributed by atoms with van der Waals surface area (Å²) < 4.78 is 0. The number of nitrogens with zero attached hydrogens (tertiary/aromatic N) is 2. The quantitative estimate of drug-likeness (QED) is 0.853. The van der Waals surface area contributed by atoms with Gasteiger partial charge < -0.3 is 10.0 Å². The zero-order chi connectivity index (χ0) is 12.6. The first-order valence-corrected chi connectivity index (χ1v) is 5.96. The van der Waals surface area contributed by atoms with Crippen LogP contribution in [0.4, 0.5) is 5.82 Å². The van der Waals surface area contributed by atoms with Crippen molar-refractivity contribution in [2.75, 3.05) is 11.4 Å². The molecule has 1 N–H and O–H groups in total. The Morgan fingerprint density at radius 2 is 2.24 bits per heavy atom. The topological polar surface area (TPSA) is 53.4 Å². The highest BCUT2D eigenvalue weighted by molar-refractivity contribution is 5.95. The Morgan fingerprint density at radius 3 is 2.76 bits per heavy atom. The number of hydrogen-bond acceptors (Lipinski definition) is 3. The fourth-order valence-electron chi connectivity index (χ4n) is 2.62. The molecule has 0 saturated carbocycles. The second kappa shape index (κ2) is 4.35. The summed E-state index contributed by atoms with van der Waals surface area (Å²) >= 11 is 0. The van der Waals surface area contributed by atoms with Gasteiger partial charge in [-0.1, -0.05) is 6.92 Å². The zero-order valence-electron chi connectivity index (χ0n) is 10.5. The van der Waals surface area contributed by atoms with Crippen LogP contribution in [0.3, 0.4) is 0 Å².